The Kier molecular flexibility index (Phi) is 7.99. The number of methoxy groups -OCH3 is 1. The maximum Gasteiger partial charge on any atom is 0.329 e. The van der Waals surface area contributed by atoms with Crippen molar-refractivity contribution in [2.24, 2.45) is 5.10 Å². The number of hydrogen-bond acceptors (Lipinski definition) is 5. The molecule has 0 aliphatic rings. The second kappa shape index (κ2) is 11.1. The molecule has 9 heteroatoms. The Morgan fingerprint density at radius 2 is 1.82 bits per heavy atom. The van der Waals surface area contributed by atoms with Crippen molar-refractivity contribution < 1.29 is 23.5 Å². The molecule has 0 spiro atoms. The molecule has 3 aromatic carbocycles. The summed E-state index contributed by atoms with van der Waals surface area (Å²) in [7, 11) is 1.46. The van der Waals surface area contributed by atoms with E-state index in [4.69, 9.17) is 21.1 Å². The molecule has 170 valence electrons. The van der Waals surface area contributed by atoms with E-state index in [0.717, 1.165) is 5.56 Å². The monoisotopic (exact) mass is 469 g/mol. The van der Waals surface area contributed by atoms with Crippen LogP contribution in [-0.4, -0.2) is 25.1 Å². The van der Waals surface area contributed by atoms with Gasteiger partial charge in [0.2, 0.25) is 0 Å². The number of carbonyl (C=O) groups is 2. The summed E-state index contributed by atoms with van der Waals surface area (Å²) in [6.07, 6.45) is 1.29. The third-order valence-corrected chi connectivity index (χ3v) is 4.98. The highest BCUT2D eigenvalue weighted by Crippen LogP contribution is 2.32. The van der Waals surface area contributed by atoms with Gasteiger partial charge in [-0.1, -0.05) is 41.9 Å². The minimum Gasteiger partial charge on any atom is -0.493 e. The maximum atomic E-state index is 14.1. The normalized spacial score (nSPS) is 10.7. The second-order valence-corrected chi connectivity index (χ2v) is 7.24. The van der Waals surface area contributed by atoms with E-state index in [1.165, 1.54) is 25.5 Å². The third kappa shape index (κ3) is 6.08. The van der Waals surface area contributed by atoms with E-state index in [1.54, 1.807) is 36.4 Å². The molecule has 33 heavy (non-hydrogen) atoms. The molecule has 0 saturated heterocycles. The standard InChI is InChI=1S/C24H21ClFN3O4/c1-15-7-3-4-11-20(15)28-23(30)24(31)29-27-13-16-8-5-12-21(32-2)22(16)33-14-17-18(25)9-6-10-19(17)26/h3-13H,14H2,1-2H3,(H,28,30)(H,29,31)/b27-13-. The highest BCUT2D eigenvalue weighted by Gasteiger charge is 2.15. The minimum atomic E-state index is -0.946. The Morgan fingerprint density at radius 1 is 1.06 bits per heavy atom. The molecule has 3 aromatic rings. The van der Waals surface area contributed by atoms with Crippen LogP contribution >= 0.6 is 11.6 Å². The van der Waals surface area contributed by atoms with E-state index < -0.39 is 17.6 Å². The zero-order valence-corrected chi connectivity index (χ0v) is 18.7. The topological polar surface area (TPSA) is 89.0 Å². The van der Waals surface area contributed by atoms with Gasteiger partial charge in [0, 0.05) is 16.8 Å². The Morgan fingerprint density at radius 3 is 2.55 bits per heavy atom. The number of nitrogens with one attached hydrogen (secondary N) is 2. The number of hydrazone groups is 1. The number of para-hydroxylation sites is 2. The fourth-order valence-electron chi connectivity index (χ4n) is 2.87. The van der Waals surface area contributed by atoms with E-state index in [-0.39, 0.29) is 22.9 Å². The van der Waals surface area contributed by atoms with Crippen LogP contribution < -0.4 is 20.2 Å². The van der Waals surface area contributed by atoms with Crippen molar-refractivity contribution in [1.82, 2.24) is 5.43 Å². The average Bonchev–Trinajstić information content (AvgIpc) is 2.80. The quantitative estimate of drug-likeness (QED) is 0.303. The van der Waals surface area contributed by atoms with Crippen molar-refractivity contribution in [3.05, 3.63) is 88.2 Å². The van der Waals surface area contributed by atoms with Crippen LogP contribution in [0, 0.1) is 12.7 Å². The summed E-state index contributed by atoms with van der Waals surface area (Å²) in [5, 5.41) is 6.58. The third-order valence-electron chi connectivity index (χ3n) is 4.62. The number of halogens is 2. The molecule has 0 bridgehead atoms. The number of rotatable bonds is 7. The Bertz CT molecular complexity index is 1180. The van der Waals surface area contributed by atoms with Crippen molar-refractivity contribution in [2.75, 3.05) is 12.4 Å². The number of hydrogen-bond donors (Lipinski definition) is 2. The van der Waals surface area contributed by atoms with Gasteiger partial charge in [-0.05, 0) is 42.8 Å². The van der Waals surface area contributed by atoms with E-state index in [0.29, 0.717) is 17.0 Å². The molecule has 7 nitrogen and oxygen atoms in total. The molecular weight excluding hydrogens is 449 g/mol. The van der Waals surface area contributed by atoms with Crippen molar-refractivity contribution in [3.8, 4) is 11.5 Å². The lowest BCUT2D eigenvalue weighted by atomic mass is 10.2. The second-order valence-electron chi connectivity index (χ2n) is 6.84. The molecule has 0 aliphatic carbocycles. The molecule has 2 N–H and O–H groups in total. The first-order valence-electron chi connectivity index (χ1n) is 9.83. The van der Waals surface area contributed by atoms with Gasteiger partial charge < -0.3 is 14.8 Å². The summed E-state index contributed by atoms with van der Waals surface area (Å²) in [5.74, 6) is -1.67. The predicted octanol–water partition coefficient (Wildman–Crippen LogP) is 4.46. The molecule has 2 amide bonds. The van der Waals surface area contributed by atoms with Crippen molar-refractivity contribution >= 4 is 35.3 Å². The fraction of sp³-hybridized carbons (Fsp3) is 0.125. The van der Waals surface area contributed by atoms with Crippen LogP contribution in [0.25, 0.3) is 0 Å². The summed E-state index contributed by atoms with van der Waals surface area (Å²) in [6.45, 7) is 1.66. The van der Waals surface area contributed by atoms with Gasteiger partial charge in [0.25, 0.3) is 0 Å². The number of amides is 2. The van der Waals surface area contributed by atoms with Crippen molar-refractivity contribution in [2.45, 2.75) is 13.5 Å². The minimum absolute atomic E-state index is 0.155. The summed E-state index contributed by atoms with van der Waals surface area (Å²) in [5.41, 5.74) is 4.13. The Balaban J connectivity index is 1.70. The van der Waals surface area contributed by atoms with Crippen LogP contribution in [0.5, 0.6) is 11.5 Å². The number of aryl methyl sites for hydroxylation is 1. The van der Waals surface area contributed by atoms with Crippen molar-refractivity contribution in [1.29, 1.82) is 0 Å². The van der Waals surface area contributed by atoms with Crippen LogP contribution in [0.1, 0.15) is 16.7 Å². The Labute approximate surface area is 195 Å². The lowest BCUT2D eigenvalue weighted by molar-refractivity contribution is -0.136. The molecule has 0 fully saturated rings. The molecule has 0 aliphatic heterocycles. The first-order chi connectivity index (χ1) is 15.9. The predicted molar refractivity (Wildman–Crippen MR) is 124 cm³/mol. The number of carbonyl (C=O) groups excluding carboxylic acids is 2. The highest BCUT2D eigenvalue weighted by atomic mass is 35.5. The number of benzene rings is 3. The van der Waals surface area contributed by atoms with E-state index in [1.807, 2.05) is 19.1 Å². The molecule has 0 saturated carbocycles. The maximum absolute atomic E-state index is 14.1. The zero-order valence-electron chi connectivity index (χ0n) is 17.9. The highest BCUT2D eigenvalue weighted by molar-refractivity contribution is 6.39. The number of nitrogens with zero attached hydrogens (tertiary/aromatic N) is 1. The van der Waals surface area contributed by atoms with Gasteiger partial charge in [-0.2, -0.15) is 5.10 Å². The first kappa shape index (κ1) is 23.7. The molecular formula is C24H21ClFN3O4. The molecule has 0 aromatic heterocycles. The molecule has 3 rings (SSSR count). The van der Waals surface area contributed by atoms with Gasteiger partial charge in [-0.25, -0.2) is 9.82 Å². The van der Waals surface area contributed by atoms with E-state index in [9.17, 15) is 14.0 Å². The molecule has 0 heterocycles. The molecule has 0 atom stereocenters. The van der Waals surface area contributed by atoms with Gasteiger partial charge in [0.15, 0.2) is 11.5 Å². The van der Waals surface area contributed by atoms with Crippen LogP contribution in [-0.2, 0) is 16.2 Å². The first-order valence-corrected chi connectivity index (χ1v) is 10.2. The summed E-state index contributed by atoms with van der Waals surface area (Å²) in [6, 6.07) is 16.4. The number of anilines is 1. The Hall–Kier alpha value is -3.91. The average molecular weight is 470 g/mol. The fourth-order valence-corrected chi connectivity index (χ4v) is 3.09. The van der Waals surface area contributed by atoms with Crippen LogP contribution in [0.3, 0.4) is 0 Å². The van der Waals surface area contributed by atoms with Gasteiger partial charge in [0.1, 0.15) is 12.4 Å². The summed E-state index contributed by atoms with van der Waals surface area (Å²) in [4.78, 5) is 24.2. The summed E-state index contributed by atoms with van der Waals surface area (Å²) >= 11 is 6.06. The zero-order chi connectivity index (χ0) is 23.8. The molecule has 0 radical (unpaired) electrons. The van der Waals surface area contributed by atoms with E-state index >= 15 is 0 Å². The van der Waals surface area contributed by atoms with Crippen LogP contribution in [0.4, 0.5) is 10.1 Å². The van der Waals surface area contributed by atoms with Crippen molar-refractivity contribution in [3.63, 3.8) is 0 Å². The van der Waals surface area contributed by atoms with Crippen LogP contribution in [0.15, 0.2) is 65.8 Å². The lowest BCUT2D eigenvalue weighted by Gasteiger charge is -2.14. The van der Waals surface area contributed by atoms with Gasteiger partial charge >= 0.3 is 11.8 Å². The van der Waals surface area contributed by atoms with Gasteiger partial charge in [-0.15, -0.1) is 0 Å². The van der Waals surface area contributed by atoms with E-state index in [2.05, 4.69) is 15.8 Å². The summed E-state index contributed by atoms with van der Waals surface area (Å²) < 4.78 is 25.2. The van der Waals surface area contributed by atoms with Crippen LogP contribution in [0.2, 0.25) is 5.02 Å². The smallest absolute Gasteiger partial charge is 0.329 e. The van der Waals surface area contributed by atoms with Gasteiger partial charge in [0.05, 0.1) is 18.3 Å². The van der Waals surface area contributed by atoms with Gasteiger partial charge in [-0.3, -0.25) is 9.59 Å². The lowest BCUT2D eigenvalue weighted by Crippen LogP contribution is -2.32. The number of ether oxygens (including phenoxy) is 2. The SMILES string of the molecule is COc1cccc(/C=N\NC(=O)C(=O)Nc2ccccc2C)c1OCc1c(F)cccc1Cl. The molecule has 0 unspecified atom stereocenters. The largest absolute Gasteiger partial charge is 0.493 e.